The summed E-state index contributed by atoms with van der Waals surface area (Å²) in [6.45, 7) is 9.22. The minimum Gasteiger partial charge on any atom is -0.444 e. The van der Waals surface area contributed by atoms with E-state index >= 15 is 0 Å². The molecule has 21 heavy (non-hydrogen) atoms. The van der Waals surface area contributed by atoms with E-state index in [1.54, 1.807) is 4.90 Å². The number of ether oxygens (including phenoxy) is 2. The number of piperidine rings is 1. The average molecular weight is 302 g/mol. The molecule has 1 saturated heterocycles. The van der Waals surface area contributed by atoms with Gasteiger partial charge in [0.05, 0.1) is 13.2 Å². The molecule has 0 atom stereocenters. The SMILES string of the molecule is CC(C)(C)OC(=O)N1CCC(NCCCOCCO)CC1. The predicted molar refractivity (Wildman–Crippen MR) is 81.4 cm³/mol. The summed E-state index contributed by atoms with van der Waals surface area (Å²) in [7, 11) is 0. The van der Waals surface area contributed by atoms with Crippen molar-refractivity contribution in [1.29, 1.82) is 0 Å². The zero-order valence-electron chi connectivity index (χ0n) is 13.6. The molecule has 124 valence electrons. The number of aliphatic hydroxyl groups excluding tert-OH is 1. The topological polar surface area (TPSA) is 71.0 Å². The Kier molecular flexibility index (Phi) is 8.00. The van der Waals surface area contributed by atoms with E-state index in [1.165, 1.54) is 0 Å². The summed E-state index contributed by atoms with van der Waals surface area (Å²) in [5.74, 6) is 0. The molecule has 0 aromatic carbocycles. The van der Waals surface area contributed by atoms with Gasteiger partial charge in [-0.1, -0.05) is 0 Å². The number of carbonyl (C=O) groups excluding carboxylic acids is 1. The quantitative estimate of drug-likeness (QED) is 0.695. The molecule has 6 nitrogen and oxygen atoms in total. The van der Waals surface area contributed by atoms with Gasteiger partial charge in [0.2, 0.25) is 0 Å². The van der Waals surface area contributed by atoms with Crippen LogP contribution in [-0.2, 0) is 9.47 Å². The number of rotatable bonds is 7. The summed E-state index contributed by atoms with van der Waals surface area (Å²) in [4.78, 5) is 13.7. The predicted octanol–water partition coefficient (Wildman–Crippen LogP) is 1.37. The fraction of sp³-hybridized carbons (Fsp3) is 0.933. The number of carbonyl (C=O) groups is 1. The lowest BCUT2D eigenvalue weighted by molar-refractivity contribution is 0.0198. The van der Waals surface area contributed by atoms with Crippen molar-refractivity contribution in [3.05, 3.63) is 0 Å². The summed E-state index contributed by atoms with van der Waals surface area (Å²) in [6.07, 6.45) is 2.64. The first-order chi connectivity index (χ1) is 9.92. The Morgan fingerprint density at radius 2 is 1.95 bits per heavy atom. The van der Waals surface area contributed by atoms with E-state index < -0.39 is 5.60 Å². The van der Waals surface area contributed by atoms with Crippen molar-refractivity contribution in [2.24, 2.45) is 0 Å². The maximum atomic E-state index is 11.9. The average Bonchev–Trinajstić information content (AvgIpc) is 2.41. The van der Waals surface area contributed by atoms with Gasteiger partial charge in [-0.2, -0.15) is 0 Å². The van der Waals surface area contributed by atoms with E-state index in [2.05, 4.69) is 5.32 Å². The molecule has 1 aliphatic rings. The molecule has 0 unspecified atom stereocenters. The third kappa shape index (κ3) is 8.24. The zero-order chi connectivity index (χ0) is 15.7. The molecule has 1 rings (SSSR count). The van der Waals surface area contributed by atoms with Gasteiger partial charge in [-0.25, -0.2) is 4.79 Å². The third-order valence-electron chi connectivity index (χ3n) is 3.28. The van der Waals surface area contributed by atoms with Crippen LogP contribution in [0.1, 0.15) is 40.0 Å². The number of hydrogen-bond acceptors (Lipinski definition) is 5. The molecule has 1 fully saturated rings. The van der Waals surface area contributed by atoms with Crippen molar-refractivity contribution in [2.45, 2.75) is 51.7 Å². The number of hydrogen-bond donors (Lipinski definition) is 2. The van der Waals surface area contributed by atoms with E-state index in [4.69, 9.17) is 14.6 Å². The van der Waals surface area contributed by atoms with Gasteiger partial charge in [0.15, 0.2) is 0 Å². The van der Waals surface area contributed by atoms with Crippen molar-refractivity contribution in [3.63, 3.8) is 0 Å². The van der Waals surface area contributed by atoms with Crippen LogP contribution in [0.5, 0.6) is 0 Å². The highest BCUT2D eigenvalue weighted by atomic mass is 16.6. The van der Waals surface area contributed by atoms with Crippen molar-refractivity contribution in [1.82, 2.24) is 10.2 Å². The lowest BCUT2D eigenvalue weighted by atomic mass is 10.1. The Labute approximate surface area is 127 Å². The van der Waals surface area contributed by atoms with Crippen LogP contribution in [0.2, 0.25) is 0 Å². The maximum Gasteiger partial charge on any atom is 0.410 e. The molecule has 0 saturated carbocycles. The molecular weight excluding hydrogens is 272 g/mol. The van der Waals surface area contributed by atoms with Gasteiger partial charge in [-0.15, -0.1) is 0 Å². The number of amides is 1. The molecule has 1 heterocycles. The Morgan fingerprint density at radius 3 is 2.52 bits per heavy atom. The second-order valence-electron chi connectivity index (χ2n) is 6.39. The minimum absolute atomic E-state index is 0.0799. The van der Waals surface area contributed by atoms with Crippen LogP contribution in [0.3, 0.4) is 0 Å². The van der Waals surface area contributed by atoms with E-state index in [0.29, 0.717) is 19.3 Å². The summed E-state index contributed by atoms with van der Waals surface area (Å²) in [5.41, 5.74) is -0.430. The summed E-state index contributed by atoms with van der Waals surface area (Å²) in [6, 6.07) is 0.460. The lowest BCUT2D eigenvalue weighted by Gasteiger charge is -2.33. The lowest BCUT2D eigenvalue weighted by Crippen LogP contribution is -2.46. The molecule has 0 spiro atoms. The van der Waals surface area contributed by atoms with Gasteiger partial charge in [-0.3, -0.25) is 0 Å². The van der Waals surface area contributed by atoms with Gasteiger partial charge in [-0.05, 0) is 46.6 Å². The van der Waals surface area contributed by atoms with Gasteiger partial charge >= 0.3 is 6.09 Å². The second kappa shape index (κ2) is 9.23. The van der Waals surface area contributed by atoms with Crippen molar-refractivity contribution < 1.29 is 19.4 Å². The summed E-state index contributed by atoms with van der Waals surface area (Å²) >= 11 is 0. The Balaban J connectivity index is 2.10. The van der Waals surface area contributed by atoms with Crippen molar-refractivity contribution >= 4 is 6.09 Å². The van der Waals surface area contributed by atoms with Gasteiger partial charge in [0.1, 0.15) is 5.60 Å². The third-order valence-corrected chi connectivity index (χ3v) is 3.28. The van der Waals surface area contributed by atoms with E-state index in [-0.39, 0.29) is 12.7 Å². The molecule has 1 aliphatic heterocycles. The first-order valence-corrected chi connectivity index (χ1v) is 7.82. The normalized spacial score (nSPS) is 17.0. The Bertz CT molecular complexity index is 297. The highest BCUT2D eigenvalue weighted by Gasteiger charge is 2.26. The Morgan fingerprint density at radius 1 is 1.29 bits per heavy atom. The number of nitrogens with one attached hydrogen (secondary N) is 1. The van der Waals surface area contributed by atoms with Crippen LogP contribution < -0.4 is 5.32 Å². The smallest absolute Gasteiger partial charge is 0.410 e. The van der Waals surface area contributed by atoms with Crippen LogP contribution >= 0.6 is 0 Å². The molecular formula is C15H30N2O4. The van der Waals surface area contributed by atoms with Gasteiger partial charge in [0, 0.05) is 25.7 Å². The first kappa shape index (κ1) is 18.2. The van der Waals surface area contributed by atoms with Gasteiger partial charge in [0.25, 0.3) is 0 Å². The molecule has 0 aliphatic carbocycles. The van der Waals surface area contributed by atoms with Crippen LogP contribution in [0, 0.1) is 0 Å². The minimum atomic E-state index is -0.430. The van der Waals surface area contributed by atoms with E-state index in [1.807, 2.05) is 20.8 Å². The van der Waals surface area contributed by atoms with Crippen LogP contribution in [0.4, 0.5) is 4.79 Å². The van der Waals surface area contributed by atoms with Crippen molar-refractivity contribution in [3.8, 4) is 0 Å². The summed E-state index contributed by atoms with van der Waals surface area (Å²) in [5, 5.41) is 12.1. The molecule has 6 heteroatoms. The maximum absolute atomic E-state index is 11.9. The standard InChI is InChI=1S/C15H30N2O4/c1-15(2,3)21-14(19)17-8-5-13(6-9-17)16-7-4-11-20-12-10-18/h13,16,18H,4-12H2,1-3H3. The largest absolute Gasteiger partial charge is 0.444 e. The number of aliphatic hydroxyl groups is 1. The van der Waals surface area contributed by atoms with Crippen LogP contribution in [0.15, 0.2) is 0 Å². The molecule has 0 radical (unpaired) electrons. The van der Waals surface area contributed by atoms with Gasteiger partial charge < -0.3 is 24.8 Å². The number of nitrogens with zero attached hydrogens (tertiary/aromatic N) is 1. The number of likely N-dealkylation sites (tertiary alicyclic amines) is 1. The first-order valence-electron chi connectivity index (χ1n) is 7.82. The highest BCUT2D eigenvalue weighted by Crippen LogP contribution is 2.15. The zero-order valence-corrected chi connectivity index (χ0v) is 13.6. The molecule has 1 amide bonds. The molecule has 2 N–H and O–H groups in total. The monoisotopic (exact) mass is 302 g/mol. The molecule has 0 aromatic heterocycles. The van der Waals surface area contributed by atoms with Crippen LogP contribution in [-0.4, -0.2) is 67.2 Å². The molecule has 0 aromatic rings. The fourth-order valence-corrected chi connectivity index (χ4v) is 2.24. The van der Waals surface area contributed by atoms with Crippen molar-refractivity contribution in [2.75, 3.05) is 39.5 Å². The van der Waals surface area contributed by atoms with Crippen LogP contribution in [0.25, 0.3) is 0 Å². The highest BCUT2D eigenvalue weighted by molar-refractivity contribution is 5.68. The van der Waals surface area contributed by atoms with E-state index in [0.717, 1.165) is 38.9 Å². The van der Waals surface area contributed by atoms with E-state index in [9.17, 15) is 4.79 Å². The molecule has 0 bridgehead atoms. The Hall–Kier alpha value is -0.850. The summed E-state index contributed by atoms with van der Waals surface area (Å²) < 4.78 is 10.6. The second-order valence-corrected chi connectivity index (χ2v) is 6.39. The fourth-order valence-electron chi connectivity index (χ4n) is 2.24.